The number of aliphatic carboxylic acids is 1. The summed E-state index contributed by atoms with van der Waals surface area (Å²) in [5, 5.41) is 17.8. The van der Waals surface area contributed by atoms with E-state index in [0.717, 1.165) is 5.56 Å². The SMILES string of the molecule is CC(C)C[C@@H](NC(=O)NCc1ccc(Cl)c(Cl)c1)C(=O)N[C@H](C(=O)O)C(C)C. The van der Waals surface area contributed by atoms with Crippen molar-refractivity contribution in [2.45, 2.75) is 52.7 Å². The summed E-state index contributed by atoms with van der Waals surface area (Å²) in [6, 6.07) is 2.59. The van der Waals surface area contributed by atoms with Gasteiger partial charge in [-0.2, -0.15) is 0 Å². The molecule has 1 rings (SSSR count). The molecule has 1 aromatic carbocycles. The molecule has 28 heavy (non-hydrogen) atoms. The van der Waals surface area contributed by atoms with Crippen molar-refractivity contribution in [1.29, 1.82) is 0 Å². The molecule has 1 aromatic rings. The highest BCUT2D eigenvalue weighted by atomic mass is 35.5. The van der Waals surface area contributed by atoms with Gasteiger partial charge in [-0.05, 0) is 36.0 Å². The van der Waals surface area contributed by atoms with Crippen LogP contribution in [0, 0.1) is 11.8 Å². The summed E-state index contributed by atoms with van der Waals surface area (Å²) in [6.45, 7) is 7.42. The molecule has 156 valence electrons. The van der Waals surface area contributed by atoms with Gasteiger partial charge < -0.3 is 21.1 Å². The van der Waals surface area contributed by atoms with Crippen LogP contribution >= 0.6 is 23.2 Å². The summed E-state index contributed by atoms with van der Waals surface area (Å²) < 4.78 is 0. The largest absolute Gasteiger partial charge is 0.480 e. The third-order valence-electron chi connectivity index (χ3n) is 4.00. The van der Waals surface area contributed by atoms with Crippen LogP contribution in [-0.4, -0.2) is 35.1 Å². The lowest BCUT2D eigenvalue weighted by atomic mass is 10.0. The number of carboxylic acids is 1. The van der Waals surface area contributed by atoms with E-state index in [0.29, 0.717) is 16.5 Å². The molecule has 0 radical (unpaired) electrons. The Kier molecular flexibility index (Phi) is 9.55. The van der Waals surface area contributed by atoms with E-state index in [4.69, 9.17) is 23.2 Å². The lowest BCUT2D eigenvalue weighted by molar-refractivity contribution is -0.143. The van der Waals surface area contributed by atoms with E-state index in [9.17, 15) is 19.5 Å². The van der Waals surface area contributed by atoms with Crippen LogP contribution in [-0.2, 0) is 16.1 Å². The summed E-state index contributed by atoms with van der Waals surface area (Å²) in [7, 11) is 0. The smallest absolute Gasteiger partial charge is 0.326 e. The van der Waals surface area contributed by atoms with Gasteiger partial charge in [0, 0.05) is 6.54 Å². The molecule has 0 aliphatic heterocycles. The minimum absolute atomic E-state index is 0.119. The van der Waals surface area contributed by atoms with E-state index < -0.39 is 30.0 Å². The number of hydrogen-bond acceptors (Lipinski definition) is 3. The first-order valence-electron chi connectivity index (χ1n) is 9.02. The van der Waals surface area contributed by atoms with Gasteiger partial charge in [0.25, 0.3) is 0 Å². The molecule has 4 N–H and O–H groups in total. The fourth-order valence-electron chi connectivity index (χ4n) is 2.51. The Morgan fingerprint density at radius 3 is 2.18 bits per heavy atom. The van der Waals surface area contributed by atoms with Crippen molar-refractivity contribution in [3.63, 3.8) is 0 Å². The summed E-state index contributed by atoms with van der Waals surface area (Å²) in [6.07, 6.45) is 0.371. The normalized spacial score (nSPS) is 13.1. The van der Waals surface area contributed by atoms with Crippen molar-refractivity contribution in [2.75, 3.05) is 0 Å². The van der Waals surface area contributed by atoms with Gasteiger partial charge >= 0.3 is 12.0 Å². The lowest BCUT2D eigenvalue weighted by Crippen LogP contribution is -2.54. The number of nitrogens with one attached hydrogen (secondary N) is 3. The fraction of sp³-hybridized carbons (Fsp3) is 0.526. The molecule has 7 nitrogen and oxygen atoms in total. The van der Waals surface area contributed by atoms with Crippen molar-refractivity contribution in [3.8, 4) is 0 Å². The van der Waals surface area contributed by atoms with Gasteiger partial charge in [0.15, 0.2) is 0 Å². The fourth-order valence-corrected chi connectivity index (χ4v) is 2.83. The molecule has 0 aliphatic carbocycles. The van der Waals surface area contributed by atoms with Crippen molar-refractivity contribution in [2.24, 2.45) is 11.8 Å². The highest BCUT2D eigenvalue weighted by Crippen LogP contribution is 2.22. The van der Waals surface area contributed by atoms with Crippen LogP contribution in [0.2, 0.25) is 10.0 Å². The third-order valence-corrected chi connectivity index (χ3v) is 4.74. The van der Waals surface area contributed by atoms with E-state index in [1.807, 2.05) is 13.8 Å². The third kappa shape index (κ3) is 7.94. The standard InChI is InChI=1S/C19H27Cl2N3O4/c1-10(2)7-15(17(25)24-16(11(3)4)18(26)27)23-19(28)22-9-12-5-6-13(20)14(21)8-12/h5-6,8,10-11,15-16H,7,9H2,1-4H3,(H,24,25)(H,26,27)(H2,22,23,28)/t15-,16+/m1/s1. The van der Waals surface area contributed by atoms with E-state index in [-0.39, 0.29) is 18.4 Å². The number of hydrogen-bond donors (Lipinski definition) is 4. The minimum Gasteiger partial charge on any atom is -0.480 e. The zero-order valence-corrected chi connectivity index (χ0v) is 17.9. The second-order valence-corrected chi connectivity index (χ2v) is 8.14. The zero-order valence-electron chi connectivity index (χ0n) is 16.4. The van der Waals surface area contributed by atoms with Gasteiger partial charge in [0.2, 0.25) is 5.91 Å². The second kappa shape index (κ2) is 11.1. The highest BCUT2D eigenvalue weighted by molar-refractivity contribution is 6.42. The van der Waals surface area contributed by atoms with Crippen LogP contribution in [0.15, 0.2) is 18.2 Å². The van der Waals surface area contributed by atoms with Crippen LogP contribution in [0.3, 0.4) is 0 Å². The summed E-state index contributed by atoms with van der Waals surface area (Å²) in [5.74, 6) is -1.81. The Balaban J connectivity index is 2.73. The van der Waals surface area contributed by atoms with Crippen LogP contribution < -0.4 is 16.0 Å². The van der Waals surface area contributed by atoms with E-state index >= 15 is 0 Å². The van der Waals surface area contributed by atoms with Gasteiger partial charge in [-0.3, -0.25) is 4.79 Å². The summed E-state index contributed by atoms with van der Waals surface area (Å²) in [5.41, 5.74) is 0.750. The van der Waals surface area contributed by atoms with Crippen LogP contribution in [0.4, 0.5) is 4.79 Å². The van der Waals surface area contributed by atoms with Gasteiger partial charge in [0.1, 0.15) is 12.1 Å². The van der Waals surface area contributed by atoms with E-state index in [1.165, 1.54) is 0 Å². The van der Waals surface area contributed by atoms with Gasteiger partial charge in [-0.1, -0.05) is 57.0 Å². The van der Waals surface area contributed by atoms with Crippen LogP contribution in [0.25, 0.3) is 0 Å². The molecule has 3 amide bonds. The van der Waals surface area contributed by atoms with Crippen LogP contribution in [0.1, 0.15) is 39.7 Å². The predicted octanol–water partition coefficient (Wildman–Crippen LogP) is 3.43. The minimum atomic E-state index is -1.12. The molecule has 2 atom stereocenters. The lowest BCUT2D eigenvalue weighted by Gasteiger charge is -2.24. The quantitative estimate of drug-likeness (QED) is 0.480. The first-order chi connectivity index (χ1) is 13.0. The molecule has 0 saturated carbocycles. The average molecular weight is 432 g/mol. The highest BCUT2D eigenvalue weighted by Gasteiger charge is 2.28. The van der Waals surface area contributed by atoms with Gasteiger partial charge in [0.05, 0.1) is 10.0 Å². The molecule has 0 fully saturated rings. The molecular formula is C19H27Cl2N3O4. The van der Waals surface area contributed by atoms with Crippen molar-refractivity contribution < 1.29 is 19.5 Å². The Morgan fingerprint density at radius 2 is 1.68 bits per heavy atom. The summed E-state index contributed by atoms with van der Waals surface area (Å²) >= 11 is 11.8. The molecule has 0 aromatic heterocycles. The van der Waals surface area contributed by atoms with Crippen molar-refractivity contribution >= 4 is 41.1 Å². The first-order valence-corrected chi connectivity index (χ1v) is 9.78. The molecule has 0 bridgehead atoms. The molecule has 0 unspecified atom stereocenters. The maximum absolute atomic E-state index is 12.5. The molecule has 0 aliphatic rings. The Hall–Kier alpha value is -1.99. The predicted molar refractivity (Wildman–Crippen MR) is 109 cm³/mol. The molecule has 9 heteroatoms. The monoisotopic (exact) mass is 431 g/mol. The zero-order chi connectivity index (χ0) is 21.4. The van der Waals surface area contributed by atoms with E-state index in [1.54, 1.807) is 32.0 Å². The number of rotatable bonds is 9. The van der Waals surface area contributed by atoms with E-state index in [2.05, 4.69) is 16.0 Å². The molecular weight excluding hydrogens is 405 g/mol. The Morgan fingerprint density at radius 1 is 1.04 bits per heavy atom. The molecule has 0 spiro atoms. The van der Waals surface area contributed by atoms with Gasteiger partial charge in [-0.25, -0.2) is 9.59 Å². The maximum Gasteiger partial charge on any atom is 0.326 e. The van der Waals surface area contributed by atoms with Gasteiger partial charge in [-0.15, -0.1) is 0 Å². The number of carboxylic acid groups (broad SMARTS) is 1. The summed E-state index contributed by atoms with van der Waals surface area (Å²) in [4.78, 5) is 36.1. The number of carbonyl (C=O) groups excluding carboxylic acids is 2. The number of benzene rings is 1. The topological polar surface area (TPSA) is 108 Å². The number of carbonyl (C=O) groups is 3. The Labute approximate surface area is 175 Å². The van der Waals surface area contributed by atoms with Crippen LogP contribution in [0.5, 0.6) is 0 Å². The maximum atomic E-state index is 12.5. The Bertz CT molecular complexity index is 710. The number of halogens is 2. The number of urea groups is 1. The van der Waals surface area contributed by atoms with Crippen molar-refractivity contribution in [3.05, 3.63) is 33.8 Å². The number of amides is 3. The average Bonchev–Trinajstić information content (AvgIpc) is 2.58. The first kappa shape index (κ1) is 24.0. The second-order valence-electron chi connectivity index (χ2n) is 7.33. The molecule has 0 heterocycles. The molecule has 0 saturated heterocycles. The van der Waals surface area contributed by atoms with Crippen molar-refractivity contribution in [1.82, 2.24) is 16.0 Å².